The summed E-state index contributed by atoms with van der Waals surface area (Å²) >= 11 is 0. The predicted octanol–water partition coefficient (Wildman–Crippen LogP) is 3.83. The van der Waals surface area contributed by atoms with Gasteiger partial charge in [-0.1, -0.05) is 18.7 Å². The third kappa shape index (κ3) is 5.60. The number of carbonyl (C=O) groups excluding carboxylic acids is 1. The van der Waals surface area contributed by atoms with Crippen LogP contribution in [0.5, 0.6) is 5.75 Å². The largest absolute Gasteiger partial charge is 0.497 e. The molecule has 0 unspecified atom stereocenters. The van der Waals surface area contributed by atoms with Crippen LogP contribution >= 0.6 is 0 Å². The van der Waals surface area contributed by atoms with Crippen molar-refractivity contribution in [2.45, 2.75) is 39.2 Å². The molecule has 0 radical (unpaired) electrons. The summed E-state index contributed by atoms with van der Waals surface area (Å²) < 4.78 is 10.4. The van der Waals surface area contributed by atoms with E-state index in [0.29, 0.717) is 12.8 Å². The number of rotatable bonds is 5. The van der Waals surface area contributed by atoms with Crippen LogP contribution < -0.4 is 4.74 Å². The first-order valence-electron chi connectivity index (χ1n) is 6.36. The minimum Gasteiger partial charge on any atom is -0.497 e. The van der Waals surface area contributed by atoms with Crippen LogP contribution in [0.15, 0.2) is 30.8 Å². The molecule has 3 nitrogen and oxygen atoms in total. The van der Waals surface area contributed by atoms with E-state index < -0.39 is 5.60 Å². The second-order valence-corrected chi connectivity index (χ2v) is 5.42. The molecule has 0 bridgehead atoms. The van der Waals surface area contributed by atoms with Crippen molar-refractivity contribution in [1.29, 1.82) is 0 Å². The van der Waals surface area contributed by atoms with Crippen molar-refractivity contribution in [3.63, 3.8) is 0 Å². The van der Waals surface area contributed by atoms with E-state index in [1.54, 1.807) is 7.11 Å². The van der Waals surface area contributed by atoms with E-state index >= 15 is 0 Å². The fourth-order valence-electron chi connectivity index (χ4n) is 1.63. The van der Waals surface area contributed by atoms with Gasteiger partial charge in [0.2, 0.25) is 0 Å². The van der Waals surface area contributed by atoms with Crippen molar-refractivity contribution in [2.24, 2.45) is 0 Å². The molecule has 0 heterocycles. The molecule has 19 heavy (non-hydrogen) atoms. The zero-order valence-electron chi connectivity index (χ0n) is 12.2. The van der Waals surface area contributed by atoms with Gasteiger partial charge in [-0.05, 0) is 50.5 Å². The molecule has 3 heteroatoms. The lowest BCUT2D eigenvalue weighted by Gasteiger charge is -2.19. The van der Waals surface area contributed by atoms with E-state index in [2.05, 4.69) is 6.58 Å². The van der Waals surface area contributed by atoms with Crippen LogP contribution in [-0.2, 0) is 9.53 Å². The summed E-state index contributed by atoms with van der Waals surface area (Å²) in [5.41, 5.74) is 1.46. The van der Waals surface area contributed by atoms with Crippen molar-refractivity contribution < 1.29 is 14.3 Å². The molecule has 0 aliphatic rings. The second-order valence-electron chi connectivity index (χ2n) is 5.42. The summed E-state index contributed by atoms with van der Waals surface area (Å²) in [7, 11) is 1.63. The topological polar surface area (TPSA) is 35.5 Å². The molecule has 0 atom stereocenters. The molecule has 0 fully saturated rings. The number of benzene rings is 1. The Labute approximate surface area is 115 Å². The van der Waals surface area contributed by atoms with Gasteiger partial charge in [-0.25, -0.2) is 0 Å². The molecular weight excluding hydrogens is 240 g/mol. The van der Waals surface area contributed by atoms with Crippen LogP contribution in [0.4, 0.5) is 0 Å². The van der Waals surface area contributed by atoms with Crippen molar-refractivity contribution in [1.82, 2.24) is 0 Å². The van der Waals surface area contributed by atoms with Gasteiger partial charge in [-0.3, -0.25) is 4.79 Å². The smallest absolute Gasteiger partial charge is 0.306 e. The Kier molecular flexibility index (Phi) is 5.16. The normalized spacial score (nSPS) is 10.9. The van der Waals surface area contributed by atoms with Crippen molar-refractivity contribution in [3.8, 4) is 5.75 Å². The van der Waals surface area contributed by atoms with Gasteiger partial charge in [0.15, 0.2) is 0 Å². The number of esters is 1. The monoisotopic (exact) mass is 262 g/mol. The number of carbonyl (C=O) groups is 1. The van der Waals surface area contributed by atoms with Gasteiger partial charge in [-0.15, -0.1) is 0 Å². The standard InChI is InChI=1S/C16H22O3/c1-12(9-10-15(17)19-16(2,3)4)13-7-6-8-14(11-13)18-5/h6-8,11H,1,9-10H2,2-5H3. The summed E-state index contributed by atoms with van der Waals surface area (Å²) in [5, 5.41) is 0. The van der Waals surface area contributed by atoms with E-state index in [-0.39, 0.29) is 5.97 Å². The lowest BCUT2D eigenvalue weighted by molar-refractivity contribution is -0.154. The van der Waals surface area contributed by atoms with E-state index in [1.165, 1.54) is 0 Å². The lowest BCUT2D eigenvalue weighted by Crippen LogP contribution is -2.23. The first-order chi connectivity index (χ1) is 8.81. The predicted molar refractivity (Wildman–Crippen MR) is 77.1 cm³/mol. The summed E-state index contributed by atoms with van der Waals surface area (Å²) in [6, 6.07) is 7.66. The number of hydrogen-bond acceptors (Lipinski definition) is 3. The van der Waals surface area contributed by atoms with Crippen molar-refractivity contribution in [2.75, 3.05) is 7.11 Å². The molecule has 0 aliphatic heterocycles. The highest BCUT2D eigenvalue weighted by Crippen LogP contribution is 2.22. The van der Waals surface area contributed by atoms with Crippen molar-refractivity contribution >= 4 is 11.5 Å². The average Bonchev–Trinajstić information content (AvgIpc) is 2.34. The van der Waals surface area contributed by atoms with Crippen LogP contribution in [0.1, 0.15) is 39.2 Å². The van der Waals surface area contributed by atoms with Crippen LogP contribution in [0.2, 0.25) is 0 Å². The Bertz CT molecular complexity index is 455. The van der Waals surface area contributed by atoms with Gasteiger partial charge < -0.3 is 9.47 Å². The van der Waals surface area contributed by atoms with Gasteiger partial charge in [0.05, 0.1) is 7.11 Å². The Hall–Kier alpha value is -1.77. The van der Waals surface area contributed by atoms with Crippen LogP contribution in [0, 0.1) is 0 Å². The maximum absolute atomic E-state index is 11.6. The van der Waals surface area contributed by atoms with Crippen LogP contribution in [-0.4, -0.2) is 18.7 Å². The summed E-state index contributed by atoms with van der Waals surface area (Å²) in [4.78, 5) is 11.6. The van der Waals surface area contributed by atoms with Crippen molar-refractivity contribution in [3.05, 3.63) is 36.4 Å². The van der Waals surface area contributed by atoms with Crippen LogP contribution in [0.3, 0.4) is 0 Å². The van der Waals surface area contributed by atoms with E-state index in [0.717, 1.165) is 16.9 Å². The number of hydrogen-bond donors (Lipinski definition) is 0. The molecular formula is C16H22O3. The molecule has 0 aromatic heterocycles. The second kappa shape index (κ2) is 6.41. The van der Waals surface area contributed by atoms with Gasteiger partial charge in [-0.2, -0.15) is 0 Å². The van der Waals surface area contributed by atoms with Gasteiger partial charge in [0.1, 0.15) is 11.4 Å². The van der Waals surface area contributed by atoms with Crippen LogP contribution in [0.25, 0.3) is 5.57 Å². The molecule has 0 spiro atoms. The van der Waals surface area contributed by atoms with Gasteiger partial charge >= 0.3 is 5.97 Å². The Morgan fingerprint density at radius 3 is 2.53 bits per heavy atom. The zero-order valence-corrected chi connectivity index (χ0v) is 12.2. The Morgan fingerprint density at radius 2 is 1.95 bits per heavy atom. The molecule has 1 aromatic carbocycles. The minimum atomic E-state index is -0.436. The maximum Gasteiger partial charge on any atom is 0.306 e. The molecule has 0 amide bonds. The SMILES string of the molecule is C=C(CCC(=O)OC(C)(C)C)c1cccc(OC)c1. The lowest BCUT2D eigenvalue weighted by atomic mass is 10.0. The van der Waals surface area contributed by atoms with E-state index in [1.807, 2.05) is 45.0 Å². The minimum absolute atomic E-state index is 0.198. The summed E-state index contributed by atoms with van der Waals surface area (Å²) in [6.07, 6.45) is 0.926. The van der Waals surface area contributed by atoms with Gasteiger partial charge in [0, 0.05) is 6.42 Å². The first kappa shape index (κ1) is 15.3. The zero-order chi connectivity index (χ0) is 14.5. The summed E-state index contributed by atoms with van der Waals surface area (Å²) in [5.74, 6) is 0.590. The molecule has 0 saturated heterocycles. The highest BCUT2D eigenvalue weighted by atomic mass is 16.6. The molecule has 1 aromatic rings. The first-order valence-corrected chi connectivity index (χ1v) is 6.36. The van der Waals surface area contributed by atoms with Gasteiger partial charge in [0.25, 0.3) is 0 Å². The number of allylic oxidation sites excluding steroid dienone is 1. The fourth-order valence-corrected chi connectivity index (χ4v) is 1.63. The maximum atomic E-state index is 11.6. The van der Waals surface area contributed by atoms with E-state index in [4.69, 9.17) is 9.47 Å². The van der Waals surface area contributed by atoms with E-state index in [9.17, 15) is 4.79 Å². The number of ether oxygens (including phenoxy) is 2. The third-order valence-corrected chi connectivity index (χ3v) is 2.53. The highest BCUT2D eigenvalue weighted by molar-refractivity contribution is 5.74. The molecule has 0 saturated carbocycles. The number of methoxy groups -OCH3 is 1. The Morgan fingerprint density at radius 1 is 1.26 bits per heavy atom. The Balaban J connectivity index is 2.53. The molecule has 0 aliphatic carbocycles. The molecule has 0 N–H and O–H groups in total. The molecule has 1 rings (SSSR count). The third-order valence-electron chi connectivity index (χ3n) is 2.53. The summed E-state index contributed by atoms with van der Waals surface area (Å²) in [6.45, 7) is 9.59. The fraction of sp³-hybridized carbons (Fsp3) is 0.438. The average molecular weight is 262 g/mol. The molecule has 104 valence electrons. The highest BCUT2D eigenvalue weighted by Gasteiger charge is 2.16. The quantitative estimate of drug-likeness (QED) is 0.756.